The van der Waals surface area contributed by atoms with Crippen LogP contribution in [0.15, 0.2) is 18.2 Å². The van der Waals surface area contributed by atoms with Crippen molar-refractivity contribution in [3.8, 4) is 0 Å². The normalized spacial score (nSPS) is 14.3. The van der Waals surface area contributed by atoms with Gasteiger partial charge < -0.3 is 25.0 Å². The number of benzene rings is 1. The molecule has 0 aliphatic carbocycles. The first-order valence-electron chi connectivity index (χ1n) is 9.68. The van der Waals surface area contributed by atoms with E-state index in [-0.39, 0.29) is 24.7 Å². The van der Waals surface area contributed by atoms with E-state index in [9.17, 15) is 18.8 Å². The second-order valence-electron chi connectivity index (χ2n) is 7.91. The average Bonchev–Trinajstić information content (AvgIpc) is 2.67. The second-order valence-corrected chi connectivity index (χ2v) is 7.91. The molecule has 0 unspecified atom stereocenters. The number of ether oxygens (including phenoxy) is 2. The van der Waals surface area contributed by atoms with Crippen LogP contribution in [0, 0.1) is 5.82 Å². The molecule has 1 aromatic rings. The molecule has 1 heterocycles. The van der Waals surface area contributed by atoms with Gasteiger partial charge in [-0.3, -0.25) is 9.69 Å². The summed E-state index contributed by atoms with van der Waals surface area (Å²) in [5, 5.41) is 0. The first-order valence-corrected chi connectivity index (χ1v) is 9.68. The van der Waals surface area contributed by atoms with Crippen molar-refractivity contribution in [1.29, 1.82) is 0 Å². The lowest BCUT2D eigenvalue weighted by molar-refractivity contribution is -0.140. The minimum Gasteiger partial charge on any atom is -0.469 e. The van der Waals surface area contributed by atoms with E-state index in [0.717, 1.165) is 4.90 Å². The lowest BCUT2D eigenvalue weighted by Gasteiger charge is -2.37. The number of piperazine rings is 1. The monoisotopic (exact) mass is 424 g/mol. The predicted octanol–water partition coefficient (Wildman–Crippen LogP) is 2.33. The lowest BCUT2D eigenvalue weighted by Crippen LogP contribution is -2.50. The summed E-state index contributed by atoms with van der Waals surface area (Å²) in [5.41, 5.74) is 5.49. The minimum atomic E-state index is -0.871. The van der Waals surface area contributed by atoms with Crippen molar-refractivity contribution in [2.45, 2.75) is 32.8 Å². The van der Waals surface area contributed by atoms with Gasteiger partial charge in [-0.05, 0) is 39.0 Å². The van der Waals surface area contributed by atoms with Gasteiger partial charge in [-0.2, -0.15) is 0 Å². The summed E-state index contributed by atoms with van der Waals surface area (Å²) in [6, 6.07) is 3.49. The number of carbonyl (C=O) groups is 3. The third-order valence-electron chi connectivity index (χ3n) is 4.55. The molecular weight excluding hydrogens is 395 g/mol. The molecule has 10 heteroatoms. The fourth-order valence-corrected chi connectivity index (χ4v) is 3.03. The molecule has 0 spiro atoms. The number of hydrogen-bond acceptors (Lipinski definition) is 6. The van der Waals surface area contributed by atoms with Crippen LogP contribution in [0.3, 0.4) is 0 Å². The third-order valence-corrected chi connectivity index (χ3v) is 4.55. The van der Waals surface area contributed by atoms with Crippen molar-refractivity contribution in [2.24, 2.45) is 5.73 Å². The van der Waals surface area contributed by atoms with Gasteiger partial charge in [-0.15, -0.1) is 0 Å². The average molecular weight is 424 g/mol. The molecule has 0 atom stereocenters. The Hall–Kier alpha value is -3.04. The number of urea groups is 1. The Bertz CT molecular complexity index is 788. The van der Waals surface area contributed by atoms with Crippen LogP contribution in [0.1, 0.15) is 27.2 Å². The zero-order chi connectivity index (χ0) is 22.5. The first kappa shape index (κ1) is 23.2. The molecule has 2 rings (SSSR count). The van der Waals surface area contributed by atoms with Crippen LogP contribution < -0.4 is 15.5 Å². The highest BCUT2D eigenvalue weighted by Gasteiger charge is 2.27. The summed E-state index contributed by atoms with van der Waals surface area (Å²) in [6.07, 6.45) is -0.484. The molecule has 0 radical (unpaired) electrons. The van der Waals surface area contributed by atoms with E-state index in [1.165, 1.54) is 19.2 Å². The maximum atomic E-state index is 14.4. The number of methoxy groups -OCH3 is 1. The summed E-state index contributed by atoms with van der Waals surface area (Å²) < 4.78 is 24.4. The van der Waals surface area contributed by atoms with E-state index >= 15 is 0 Å². The molecule has 1 aromatic carbocycles. The minimum absolute atomic E-state index is 0.0153. The van der Waals surface area contributed by atoms with Crippen molar-refractivity contribution in [3.63, 3.8) is 0 Å². The number of primary amides is 1. The van der Waals surface area contributed by atoms with Crippen LogP contribution in [0.25, 0.3) is 0 Å². The van der Waals surface area contributed by atoms with Crippen molar-refractivity contribution in [3.05, 3.63) is 24.0 Å². The van der Waals surface area contributed by atoms with E-state index in [0.29, 0.717) is 31.9 Å². The maximum absolute atomic E-state index is 14.4. The highest BCUT2D eigenvalue weighted by Crippen LogP contribution is 2.27. The summed E-state index contributed by atoms with van der Waals surface area (Å²) >= 11 is 0. The Morgan fingerprint density at radius 1 is 1.17 bits per heavy atom. The summed E-state index contributed by atoms with van der Waals surface area (Å²) in [4.78, 5) is 40.0. The van der Waals surface area contributed by atoms with Gasteiger partial charge in [-0.25, -0.2) is 14.0 Å². The Morgan fingerprint density at radius 2 is 1.80 bits per heavy atom. The Kier molecular flexibility index (Phi) is 7.47. The van der Waals surface area contributed by atoms with E-state index in [2.05, 4.69) is 4.74 Å². The van der Waals surface area contributed by atoms with Crippen LogP contribution in [-0.4, -0.2) is 68.4 Å². The van der Waals surface area contributed by atoms with Crippen molar-refractivity contribution in [1.82, 2.24) is 4.90 Å². The molecule has 1 saturated heterocycles. The third kappa shape index (κ3) is 6.23. The van der Waals surface area contributed by atoms with E-state index < -0.39 is 23.4 Å². The topological polar surface area (TPSA) is 105 Å². The van der Waals surface area contributed by atoms with E-state index in [1.807, 2.05) is 25.7 Å². The Labute approximate surface area is 175 Å². The van der Waals surface area contributed by atoms with Crippen LogP contribution in [-0.2, 0) is 14.3 Å². The molecular formula is C20H29FN4O5. The van der Waals surface area contributed by atoms with Gasteiger partial charge in [0.2, 0.25) is 0 Å². The molecule has 9 nitrogen and oxygen atoms in total. The fourth-order valence-electron chi connectivity index (χ4n) is 3.03. The van der Waals surface area contributed by atoms with Gasteiger partial charge in [-0.1, -0.05) is 0 Å². The number of halogens is 1. The highest BCUT2D eigenvalue weighted by atomic mass is 19.1. The lowest BCUT2D eigenvalue weighted by atomic mass is 10.2. The van der Waals surface area contributed by atoms with Gasteiger partial charge in [0.15, 0.2) is 0 Å². The predicted molar refractivity (Wildman–Crippen MR) is 110 cm³/mol. The van der Waals surface area contributed by atoms with Crippen LogP contribution in [0.5, 0.6) is 0 Å². The standard InChI is InChI=1S/C20H29FN4O5/c1-20(2,3)30-19(28)24-11-9-23(10-12-24)14-5-6-15(21)16(13-14)25(18(22)27)8-7-17(26)29-4/h5-6,13H,7-12H2,1-4H3,(H2,22,27). The molecule has 3 amide bonds. The van der Waals surface area contributed by atoms with Crippen LogP contribution in [0.4, 0.5) is 25.4 Å². The molecule has 0 saturated carbocycles. The molecule has 2 N–H and O–H groups in total. The van der Waals surface area contributed by atoms with Crippen molar-refractivity contribution < 1.29 is 28.2 Å². The summed E-state index contributed by atoms with van der Waals surface area (Å²) in [5.74, 6) is -1.16. The Balaban J connectivity index is 2.10. The first-order chi connectivity index (χ1) is 14.0. The molecule has 0 aromatic heterocycles. The molecule has 166 valence electrons. The van der Waals surface area contributed by atoms with Gasteiger partial charge in [0, 0.05) is 38.4 Å². The van der Waals surface area contributed by atoms with E-state index in [4.69, 9.17) is 10.5 Å². The molecule has 1 aliphatic heterocycles. The van der Waals surface area contributed by atoms with Crippen LogP contribution >= 0.6 is 0 Å². The van der Waals surface area contributed by atoms with Gasteiger partial charge in [0.05, 0.1) is 19.2 Å². The number of nitrogens with zero attached hydrogens (tertiary/aromatic N) is 3. The number of nitrogens with two attached hydrogens (primary N) is 1. The highest BCUT2D eigenvalue weighted by molar-refractivity contribution is 5.92. The smallest absolute Gasteiger partial charge is 0.410 e. The number of rotatable bonds is 5. The summed E-state index contributed by atoms with van der Waals surface area (Å²) in [7, 11) is 1.23. The zero-order valence-electron chi connectivity index (χ0n) is 17.8. The molecule has 1 fully saturated rings. The fraction of sp³-hybridized carbons (Fsp3) is 0.550. The molecule has 0 bridgehead atoms. The largest absolute Gasteiger partial charge is 0.469 e. The SMILES string of the molecule is COC(=O)CCN(C(N)=O)c1cc(N2CCN(C(=O)OC(C)(C)C)CC2)ccc1F. The van der Waals surface area contributed by atoms with Crippen LogP contribution in [0.2, 0.25) is 0 Å². The molecule has 30 heavy (non-hydrogen) atoms. The molecule has 1 aliphatic rings. The number of carbonyl (C=O) groups excluding carboxylic acids is 3. The quantitative estimate of drug-likeness (QED) is 0.728. The number of anilines is 2. The van der Waals surface area contributed by atoms with E-state index in [1.54, 1.807) is 11.0 Å². The summed E-state index contributed by atoms with van der Waals surface area (Å²) in [6.45, 7) is 7.26. The number of amides is 3. The van der Waals surface area contributed by atoms with Gasteiger partial charge in [0.25, 0.3) is 0 Å². The van der Waals surface area contributed by atoms with Crippen molar-refractivity contribution >= 4 is 29.5 Å². The number of esters is 1. The maximum Gasteiger partial charge on any atom is 0.410 e. The van der Waals surface area contributed by atoms with Gasteiger partial charge >= 0.3 is 18.1 Å². The number of hydrogen-bond donors (Lipinski definition) is 1. The van der Waals surface area contributed by atoms with Gasteiger partial charge in [0.1, 0.15) is 11.4 Å². The zero-order valence-corrected chi connectivity index (χ0v) is 17.8. The Morgan fingerprint density at radius 3 is 2.33 bits per heavy atom. The second kappa shape index (κ2) is 9.64. The van der Waals surface area contributed by atoms with Crippen molar-refractivity contribution in [2.75, 3.05) is 49.6 Å².